The van der Waals surface area contributed by atoms with Crippen molar-refractivity contribution in [1.29, 1.82) is 0 Å². The first kappa shape index (κ1) is 21.3. The molecule has 0 fully saturated rings. The molecule has 0 unspecified atom stereocenters. The van der Waals surface area contributed by atoms with E-state index in [1.54, 1.807) is 0 Å². The highest BCUT2D eigenvalue weighted by Crippen LogP contribution is 2.39. The van der Waals surface area contributed by atoms with Gasteiger partial charge in [0.1, 0.15) is 5.00 Å². The standard InChI is InChI=1S/C24H26N2O4S/c27-21(16-10-4-5-11-17(16)24(29)30)26-23-20(18-12-6-7-13-19(18)31-23)22(28)25-14-15-8-2-1-3-9-15/h1-5,8-9,16-17H,6-7,10-14H2,(H,25,28)(H,26,27)(H,29,30)/t16-,17+/m1/s1. The van der Waals surface area contributed by atoms with E-state index >= 15 is 0 Å². The lowest BCUT2D eigenvalue weighted by atomic mass is 9.82. The van der Waals surface area contributed by atoms with Gasteiger partial charge in [0.25, 0.3) is 5.91 Å². The number of carbonyl (C=O) groups is 3. The zero-order valence-corrected chi connectivity index (χ0v) is 18.0. The lowest BCUT2D eigenvalue weighted by Gasteiger charge is -2.24. The van der Waals surface area contributed by atoms with Crippen molar-refractivity contribution < 1.29 is 19.5 Å². The average molecular weight is 439 g/mol. The number of hydrogen-bond acceptors (Lipinski definition) is 4. The number of thiophene rings is 1. The summed E-state index contributed by atoms with van der Waals surface area (Å²) in [7, 11) is 0. The van der Waals surface area contributed by atoms with Crippen LogP contribution in [0.1, 0.15) is 52.0 Å². The lowest BCUT2D eigenvalue weighted by Crippen LogP contribution is -2.35. The van der Waals surface area contributed by atoms with Crippen molar-refractivity contribution in [3.63, 3.8) is 0 Å². The van der Waals surface area contributed by atoms with Crippen LogP contribution in [0.5, 0.6) is 0 Å². The molecule has 4 rings (SSSR count). The Morgan fingerprint density at radius 2 is 1.71 bits per heavy atom. The first-order valence-corrected chi connectivity index (χ1v) is 11.5. The van der Waals surface area contributed by atoms with E-state index in [9.17, 15) is 19.5 Å². The summed E-state index contributed by atoms with van der Waals surface area (Å²) in [6, 6.07) is 9.69. The second-order valence-electron chi connectivity index (χ2n) is 8.07. The van der Waals surface area contributed by atoms with Crippen molar-refractivity contribution in [3.8, 4) is 0 Å². The average Bonchev–Trinajstić information content (AvgIpc) is 3.16. The predicted molar refractivity (Wildman–Crippen MR) is 120 cm³/mol. The molecule has 2 aliphatic carbocycles. The molecular formula is C24H26N2O4S. The number of anilines is 1. The Hall–Kier alpha value is -2.93. The summed E-state index contributed by atoms with van der Waals surface area (Å²) >= 11 is 1.46. The fraction of sp³-hybridized carbons (Fsp3) is 0.375. The number of nitrogens with one attached hydrogen (secondary N) is 2. The quantitative estimate of drug-likeness (QED) is 0.590. The van der Waals surface area contributed by atoms with Crippen LogP contribution in [0.4, 0.5) is 5.00 Å². The smallest absolute Gasteiger partial charge is 0.307 e. The van der Waals surface area contributed by atoms with E-state index in [0.717, 1.165) is 41.7 Å². The molecule has 3 N–H and O–H groups in total. The van der Waals surface area contributed by atoms with Gasteiger partial charge in [-0.1, -0.05) is 42.5 Å². The third-order valence-electron chi connectivity index (χ3n) is 6.02. The lowest BCUT2D eigenvalue weighted by molar-refractivity contribution is -0.146. The predicted octanol–water partition coefficient (Wildman–Crippen LogP) is 4.16. The number of aryl methyl sites for hydroxylation is 1. The second-order valence-corrected chi connectivity index (χ2v) is 9.17. The topological polar surface area (TPSA) is 95.5 Å². The number of allylic oxidation sites excluding steroid dienone is 2. The summed E-state index contributed by atoms with van der Waals surface area (Å²) in [4.78, 5) is 38.9. The summed E-state index contributed by atoms with van der Waals surface area (Å²) in [5.74, 6) is -2.86. The summed E-state index contributed by atoms with van der Waals surface area (Å²) < 4.78 is 0. The SMILES string of the molecule is O=C(NCc1ccccc1)c1c(NC(=O)[C@@H]2CC=CC[C@@H]2C(=O)O)sc2c1CCCC2. The highest BCUT2D eigenvalue weighted by atomic mass is 32.1. The summed E-state index contributed by atoms with van der Waals surface area (Å²) in [6.45, 7) is 0.409. The normalized spacial score (nSPS) is 20.0. The molecule has 2 aliphatic rings. The van der Waals surface area contributed by atoms with E-state index in [0.29, 0.717) is 30.0 Å². The molecule has 6 nitrogen and oxygen atoms in total. The van der Waals surface area contributed by atoms with Crippen molar-refractivity contribution in [2.45, 2.75) is 45.1 Å². The molecule has 31 heavy (non-hydrogen) atoms. The van der Waals surface area contributed by atoms with Crippen LogP contribution in [0.2, 0.25) is 0 Å². The maximum absolute atomic E-state index is 13.1. The minimum absolute atomic E-state index is 0.197. The van der Waals surface area contributed by atoms with Gasteiger partial charge in [-0.3, -0.25) is 14.4 Å². The molecule has 2 aromatic rings. The number of carboxylic acids is 1. The monoisotopic (exact) mass is 438 g/mol. The molecule has 1 aromatic carbocycles. The summed E-state index contributed by atoms with van der Waals surface area (Å²) in [6.07, 6.45) is 8.22. The Bertz CT molecular complexity index is 1010. The van der Waals surface area contributed by atoms with Crippen LogP contribution < -0.4 is 10.6 Å². The third-order valence-corrected chi connectivity index (χ3v) is 7.22. The maximum Gasteiger partial charge on any atom is 0.307 e. The highest BCUT2D eigenvalue weighted by molar-refractivity contribution is 7.17. The number of fused-ring (bicyclic) bond motifs is 1. The van der Waals surface area contributed by atoms with Crippen molar-refractivity contribution in [2.24, 2.45) is 11.8 Å². The summed E-state index contributed by atoms with van der Waals surface area (Å²) in [5, 5.41) is 16.0. The Labute approximate surface area is 185 Å². The first-order chi connectivity index (χ1) is 15.0. The van der Waals surface area contributed by atoms with E-state index < -0.39 is 17.8 Å². The number of amides is 2. The van der Waals surface area contributed by atoms with Crippen LogP contribution in [-0.2, 0) is 29.0 Å². The molecule has 0 spiro atoms. The van der Waals surface area contributed by atoms with E-state index in [2.05, 4.69) is 10.6 Å². The molecule has 0 bridgehead atoms. The highest BCUT2D eigenvalue weighted by Gasteiger charge is 2.35. The third kappa shape index (κ3) is 4.71. The van der Waals surface area contributed by atoms with Crippen LogP contribution in [0.25, 0.3) is 0 Å². The van der Waals surface area contributed by atoms with Crippen LogP contribution in [0, 0.1) is 11.8 Å². The molecule has 0 aliphatic heterocycles. The van der Waals surface area contributed by atoms with Gasteiger partial charge < -0.3 is 15.7 Å². The van der Waals surface area contributed by atoms with E-state index in [1.807, 2.05) is 42.5 Å². The Morgan fingerprint density at radius 1 is 1.00 bits per heavy atom. The number of hydrogen-bond donors (Lipinski definition) is 3. The molecule has 0 radical (unpaired) electrons. The van der Waals surface area contributed by atoms with Gasteiger partial charge in [-0.25, -0.2) is 0 Å². The Morgan fingerprint density at radius 3 is 2.45 bits per heavy atom. The molecule has 1 aromatic heterocycles. The van der Waals surface area contributed by atoms with Gasteiger partial charge >= 0.3 is 5.97 Å². The second kappa shape index (κ2) is 9.47. The minimum atomic E-state index is -0.962. The van der Waals surface area contributed by atoms with E-state index in [-0.39, 0.29) is 11.8 Å². The molecule has 1 heterocycles. The molecule has 7 heteroatoms. The largest absolute Gasteiger partial charge is 0.481 e. The van der Waals surface area contributed by atoms with Crippen molar-refractivity contribution >= 4 is 34.1 Å². The zero-order chi connectivity index (χ0) is 21.8. The van der Waals surface area contributed by atoms with Crippen LogP contribution in [0.3, 0.4) is 0 Å². The molecular weight excluding hydrogens is 412 g/mol. The van der Waals surface area contributed by atoms with Crippen molar-refractivity contribution in [1.82, 2.24) is 5.32 Å². The van der Waals surface area contributed by atoms with Crippen LogP contribution in [0.15, 0.2) is 42.5 Å². The van der Waals surface area contributed by atoms with Gasteiger partial charge in [0, 0.05) is 11.4 Å². The van der Waals surface area contributed by atoms with E-state index in [1.165, 1.54) is 11.3 Å². The Kier molecular flexibility index (Phi) is 6.51. The summed E-state index contributed by atoms with van der Waals surface area (Å²) in [5.41, 5.74) is 2.57. The number of rotatable bonds is 6. The van der Waals surface area contributed by atoms with Crippen LogP contribution >= 0.6 is 11.3 Å². The molecule has 0 saturated heterocycles. The number of aliphatic carboxylic acids is 1. The van der Waals surface area contributed by atoms with Gasteiger partial charge in [-0.05, 0) is 49.7 Å². The van der Waals surface area contributed by atoms with Gasteiger partial charge in [-0.15, -0.1) is 11.3 Å². The van der Waals surface area contributed by atoms with Crippen molar-refractivity contribution in [3.05, 3.63) is 64.1 Å². The van der Waals surface area contributed by atoms with Gasteiger partial charge in [-0.2, -0.15) is 0 Å². The zero-order valence-electron chi connectivity index (χ0n) is 17.2. The minimum Gasteiger partial charge on any atom is -0.481 e. The van der Waals surface area contributed by atoms with E-state index in [4.69, 9.17) is 0 Å². The first-order valence-electron chi connectivity index (χ1n) is 10.7. The van der Waals surface area contributed by atoms with Crippen molar-refractivity contribution in [2.75, 3.05) is 5.32 Å². The fourth-order valence-corrected chi connectivity index (χ4v) is 5.63. The van der Waals surface area contributed by atoms with Gasteiger partial charge in [0.2, 0.25) is 5.91 Å². The van der Waals surface area contributed by atoms with Crippen LogP contribution in [-0.4, -0.2) is 22.9 Å². The van der Waals surface area contributed by atoms with Gasteiger partial charge in [0.15, 0.2) is 0 Å². The molecule has 0 saturated carbocycles. The molecule has 2 amide bonds. The maximum atomic E-state index is 13.1. The number of benzene rings is 1. The Balaban J connectivity index is 1.56. The molecule has 2 atom stereocenters. The van der Waals surface area contributed by atoms with Gasteiger partial charge in [0.05, 0.1) is 17.4 Å². The molecule has 162 valence electrons. The fourth-order valence-electron chi connectivity index (χ4n) is 4.34. The number of carbonyl (C=O) groups excluding carboxylic acids is 2. The number of carboxylic acid groups (broad SMARTS) is 1.